The standard InChI is InChI=1S/C24H32INO5/c1-27-17-31-23-15-26-14-21(25)24(23)18-8-10-20(11-9-18)30-13-5-12-29-16-19-6-3-4-7-22(19)28-2/h3-4,6-11,21,23-24,26H,5,12-17H2,1-2H3/t21-,23+,24+/m0/s1. The van der Waals surface area contributed by atoms with Crippen LogP contribution in [0.25, 0.3) is 0 Å². The van der Waals surface area contributed by atoms with Crippen molar-refractivity contribution < 1.29 is 23.7 Å². The largest absolute Gasteiger partial charge is 0.496 e. The first-order chi connectivity index (χ1) is 15.2. The molecule has 6 nitrogen and oxygen atoms in total. The molecule has 0 aliphatic carbocycles. The highest BCUT2D eigenvalue weighted by Gasteiger charge is 2.33. The van der Waals surface area contributed by atoms with Gasteiger partial charge in [0.05, 0.1) is 33.0 Å². The van der Waals surface area contributed by atoms with E-state index in [4.69, 9.17) is 23.7 Å². The van der Waals surface area contributed by atoms with Gasteiger partial charge in [0.25, 0.3) is 0 Å². The molecule has 2 aromatic rings. The highest BCUT2D eigenvalue weighted by atomic mass is 127. The summed E-state index contributed by atoms with van der Waals surface area (Å²) in [6, 6.07) is 16.3. The number of rotatable bonds is 12. The van der Waals surface area contributed by atoms with Crippen molar-refractivity contribution in [2.75, 3.05) is 47.3 Å². The van der Waals surface area contributed by atoms with Crippen LogP contribution in [-0.2, 0) is 20.8 Å². The minimum absolute atomic E-state index is 0.0998. The normalized spacial score (nSPS) is 21.1. The third-order valence-electron chi connectivity index (χ3n) is 5.29. The van der Waals surface area contributed by atoms with Gasteiger partial charge in [0.1, 0.15) is 18.3 Å². The number of piperidine rings is 1. The van der Waals surface area contributed by atoms with E-state index in [-0.39, 0.29) is 6.10 Å². The summed E-state index contributed by atoms with van der Waals surface area (Å²) in [5.41, 5.74) is 2.33. The molecule has 3 atom stereocenters. The van der Waals surface area contributed by atoms with Crippen molar-refractivity contribution in [2.24, 2.45) is 0 Å². The van der Waals surface area contributed by atoms with E-state index in [1.807, 2.05) is 36.4 Å². The van der Waals surface area contributed by atoms with E-state index in [1.165, 1.54) is 5.56 Å². The summed E-state index contributed by atoms with van der Waals surface area (Å²) < 4.78 is 28.5. The van der Waals surface area contributed by atoms with E-state index in [0.717, 1.165) is 36.6 Å². The second-order valence-corrected chi connectivity index (χ2v) is 9.05. The Labute approximate surface area is 198 Å². The van der Waals surface area contributed by atoms with Crippen LogP contribution < -0.4 is 14.8 Å². The first-order valence-electron chi connectivity index (χ1n) is 10.6. The van der Waals surface area contributed by atoms with E-state index in [1.54, 1.807) is 14.2 Å². The lowest BCUT2D eigenvalue weighted by molar-refractivity contribution is -0.0831. The minimum Gasteiger partial charge on any atom is -0.496 e. The molecule has 7 heteroatoms. The first kappa shape index (κ1) is 24.3. The molecular weight excluding hydrogens is 509 g/mol. The maximum Gasteiger partial charge on any atom is 0.146 e. The summed E-state index contributed by atoms with van der Waals surface area (Å²) in [5.74, 6) is 2.06. The van der Waals surface area contributed by atoms with E-state index < -0.39 is 0 Å². The summed E-state index contributed by atoms with van der Waals surface area (Å²) in [4.78, 5) is 0. The zero-order valence-electron chi connectivity index (χ0n) is 18.2. The van der Waals surface area contributed by atoms with Crippen molar-refractivity contribution in [1.29, 1.82) is 0 Å². The summed E-state index contributed by atoms with van der Waals surface area (Å²) in [5, 5.41) is 3.43. The Morgan fingerprint density at radius 2 is 1.81 bits per heavy atom. The molecule has 1 fully saturated rings. The number of nitrogens with one attached hydrogen (secondary N) is 1. The van der Waals surface area contributed by atoms with Crippen molar-refractivity contribution >= 4 is 22.6 Å². The number of halogens is 1. The molecule has 0 aromatic heterocycles. The van der Waals surface area contributed by atoms with Gasteiger partial charge in [-0.2, -0.15) is 0 Å². The highest BCUT2D eigenvalue weighted by Crippen LogP contribution is 2.33. The van der Waals surface area contributed by atoms with Crippen molar-refractivity contribution in [3.63, 3.8) is 0 Å². The van der Waals surface area contributed by atoms with Crippen LogP contribution in [0.3, 0.4) is 0 Å². The molecule has 1 saturated heterocycles. The van der Waals surface area contributed by atoms with Crippen molar-refractivity contribution in [3.05, 3.63) is 59.7 Å². The minimum atomic E-state index is 0.0998. The van der Waals surface area contributed by atoms with Gasteiger partial charge < -0.3 is 29.0 Å². The second kappa shape index (κ2) is 13.2. The quantitative estimate of drug-likeness (QED) is 0.189. The molecule has 1 aliphatic rings. The van der Waals surface area contributed by atoms with Gasteiger partial charge in [-0.25, -0.2) is 0 Å². The van der Waals surface area contributed by atoms with Crippen LogP contribution in [-0.4, -0.2) is 57.3 Å². The number of methoxy groups -OCH3 is 2. The summed E-state index contributed by atoms with van der Waals surface area (Å²) >= 11 is 2.51. The molecule has 0 saturated carbocycles. The summed E-state index contributed by atoms with van der Waals surface area (Å²) in [7, 11) is 3.33. The molecule has 170 valence electrons. The average molecular weight is 541 g/mol. The fourth-order valence-electron chi connectivity index (χ4n) is 3.73. The SMILES string of the molecule is COCO[C@@H]1CNC[C@H](I)[C@H]1c1ccc(OCCCOCc2ccccc2OC)cc1. The van der Waals surface area contributed by atoms with Crippen molar-refractivity contribution in [3.8, 4) is 11.5 Å². The monoisotopic (exact) mass is 541 g/mol. The number of hydrogen-bond donors (Lipinski definition) is 1. The zero-order chi connectivity index (χ0) is 21.9. The van der Waals surface area contributed by atoms with E-state index in [0.29, 0.717) is 36.5 Å². The molecule has 0 unspecified atom stereocenters. The van der Waals surface area contributed by atoms with Gasteiger partial charge in [0.15, 0.2) is 0 Å². The molecule has 2 aromatic carbocycles. The van der Waals surface area contributed by atoms with Crippen molar-refractivity contribution in [2.45, 2.75) is 29.0 Å². The fourth-order valence-corrected chi connectivity index (χ4v) is 4.92. The van der Waals surface area contributed by atoms with Crippen LogP contribution >= 0.6 is 22.6 Å². The van der Waals surface area contributed by atoms with Crippen molar-refractivity contribution in [1.82, 2.24) is 5.32 Å². The van der Waals surface area contributed by atoms with Crippen LogP contribution in [0.15, 0.2) is 48.5 Å². The third kappa shape index (κ3) is 7.32. The Morgan fingerprint density at radius 1 is 1.00 bits per heavy atom. The van der Waals surface area contributed by atoms with Crippen LogP contribution in [0.4, 0.5) is 0 Å². The number of para-hydroxylation sites is 1. The molecule has 0 spiro atoms. The van der Waals surface area contributed by atoms with Gasteiger partial charge >= 0.3 is 0 Å². The number of ether oxygens (including phenoxy) is 5. The van der Waals surface area contributed by atoms with Gasteiger partial charge in [0, 0.05) is 42.0 Å². The van der Waals surface area contributed by atoms with Crippen LogP contribution in [0.2, 0.25) is 0 Å². The summed E-state index contributed by atoms with van der Waals surface area (Å²) in [6.07, 6.45) is 0.927. The molecule has 31 heavy (non-hydrogen) atoms. The first-order valence-corrected chi connectivity index (χ1v) is 11.8. The molecule has 0 bridgehead atoms. The van der Waals surface area contributed by atoms with Gasteiger partial charge in [0.2, 0.25) is 0 Å². The molecule has 0 amide bonds. The highest BCUT2D eigenvalue weighted by molar-refractivity contribution is 14.1. The Morgan fingerprint density at radius 3 is 2.58 bits per heavy atom. The van der Waals surface area contributed by atoms with Crippen LogP contribution in [0.1, 0.15) is 23.5 Å². The van der Waals surface area contributed by atoms with E-state index in [2.05, 4.69) is 40.0 Å². The lowest BCUT2D eigenvalue weighted by atomic mass is 9.87. The number of benzene rings is 2. The van der Waals surface area contributed by atoms with E-state index in [9.17, 15) is 0 Å². The molecule has 1 aliphatic heterocycles. The molecule has 3 rings (SSSR count). The second-order valence-electron chi connectivity index (χ2n) is 7.45. The smallest absolute Gasteiger partial charge is 0.146 e. The van der Waals surface area contributed by atoms with E-state index >= 15 is 0 Å². The Hall–Kier alpha value is -1.39. The predicted molar refractivity (Wildman–Crippen MR) is 129 cm³/mol. The lowest BCUT2D eigenvalue weighted by Gasteiger charge is -2.36. The number of alkyl halides is 1. The fraction of sp³-hybridized carbons (Fsp3) is 0.500. The van der Waals surface area contributed by atoms with Crippen LogP contribution in [0, 0.1) is 0 Å². The molecule has 0 radical (unpaired) electrons. The van der Waals surface area contributed by atoms with Crippen LogP contribution in [0.5, 0.6) is 11.5 Å². The Bertz CT molecular complexity index is 773. The molecular formula is C24H32INO5. The Kier molecular flexibility index (Phi) is 10.3. The number of hydrogen-bond acceptors (Lipinski definition) is 6. The van der Waals surface area contributed by atoms with Gasteiger partial charge in [-0.1, -0.05) is 52.9 Å². The third-order valence-corrected chi connectivity index (χ3v) is 6.51. The topological polar surface area (TPSA) is 58.2 Å². The summed E-state index contributed by atoms with van der Waals surface area (Å²) in [6.45, 7) is 3.92. The maximum absolute atomic E-state index is 5.91. The lowest BCUT2D eigenvalue weighted by Crippen LogP contribution is -2.47. The average Bonchev–Trinajstić information content (AvgIpc) is 2.80. The maximum atomic E-state index is 5.91. The molecule has 1 N–H and O–H groups in total. The van der Waals surface area contributed by atoms with Gasteiger partial charge in [-0.3, -0.25) is 0 Å². The molecule has 1 heterocycles. The van der Waals surface area contributed by atoms with Gasteiger partial charge in [-0.15, -0.1) is 0 Å². The Balaban J connectivity index is 1.42. The predicted octanol–water partition coefficient (Wildman–Crippen LogP) is 4.16. The van der Waals surface area contributed by atoms with Gasteiger partial charge in [-0.05, 0) is 23.8 Å². The zero-order valence-corrected chi connectivity index (χ0v) is 20.4.